The summed E-state index contributed by atoms with van der Waals surface area (Å²) in [5, 5.41) is 14.8. The van der Waals surface area contributed by atoms with Crippen LogP contribution in [0.2, 0.25) is 0 Å². The second kappa shape index (κ2) is 9.94. The predicted molar refractivity (Wildman–Crippen MR) is 153 cm³/mol. The first kappa shape index (κ1) is 25.3. The molecule has 4 heterocycles. The zero-order valence-corrected chi connectivity index (χ0v) is 22.5. The quantitative estimate of drug-likeness (QED) is 0.354. The summed E-state index contributed by atoms with van der Waals surface area (Å²) >= 11 is 0. The summed E-state index contributed by atoms with van der Waals surface area (Å²) in [6, 6.07) is 12.1. The van der Waals surface area contributed by atoms with E-state index in [9.17, 15) is 9.90 Å². The standard InChI is InChI=1S/C29H34N8O2/c1-4-14-36-27(38)23-19-30-28(31-21-7-9-22(10-8-21)35-17-15-34(3)16-18-35)33-26(23)37(36)24-11-6-20-12-13-29(39,5-2)25(20)32-24/h4,6-11,19,39H,1,5,12-18H2,2-3H3,(H,30,31,33)/t29-/m0/s1. The molecule has 4 aromatic rings. The molecule has 0 amide bonds. The molecule has 1 fully saturated rings. The topological polar surface area (TPSA) is 104 Å². The highest BCUT2D eigenvalue weighted by molar-refractivity contribution is 5.77. The van der Waals surface area contributed by atoms with Crippen LogP contribution in [-0.4, -0.2) is 67.5 Å². The van der Waals surface area contributed by atoms with E-state index in [2.05, 4.69) is 45.9 Å². The third-order valence-corrected chi connectivity index (χ3v) is 7.98. The summed E-state index contributed by atoms with van der Waals surface area (Å²) in [6.45, 7) is 10.2. The number of nitrogens with zero attached hydrogens (tertiary/aromatic N) is 7. The maximum absolute atomic E-state index is 13.3. The van der Waals surface area contributed by atoms with Crippen molar-refractivity contribution in [2.75, 3.05) is 43.4 Å². The third kappa shape index (κ3) is 4.49. The number of fused-ring (bicyclic) bond motifs is 2. The van der Waals surface area contributed by atoms with Gasteiger partial charge in [0, 0.05) is 43.8 Å². The molecule has 1 saturated heterocycles. The molecule has 39 heavy (non-hydrogen) atoms. The number of aryl methyl sites for hydroxylation is 1. The van der Waals surface area contributed by atoms with Gasteiger partial charge in [-0.25, -0.2) is 19.3 Å². The first-order chi connectivity index (χ1) is 18.9. The van der Waals surface area contributed by atoms with E-state index in [1.807, 2.05) is 31.2 Å². The molecule has 6 rings (SSSR count). The molecule has 1 aromatic carbocycles. The summed E-state index contributed by atoms with van der Waals surface area (Å²) in [7, 11) is 2.15. The molecule has 0 unspecified atom stereocenters. The van der Waals surface area contributed by atoms with Crippen molar-refractivity contribution >= 4 is 28.4 Å². The zero-order valence-electron chi connectivity index (χ0n) is 22.5. The van der Waals surface area contributed by atoms with Crippen LogP contribution >= 0.6 is 0 Å². The van der Waals surface area contributed by atoms with Gasteiger partial charge in [-0.15, -0.1) is 6.58 Å². The first-order valence-corrected chi connectivity index (χ1v) is 13.5. The summed E-state index contributed by atoms with van der Waals surface area (Å²) < 4.78 is 3.26. The van der Waals surface area contributed by atoms with Crippen molar-refractivity contribution in [3.05, 3.63) is 76.9 Å². The van der Waals surface area contributed by atoms with Crippen LogP contribution in [0.15, 0.2) is 60.0 Å². The molecule has 1 atom stereocenters. The monoisotopic (exact) mass is 526 g/mol. The molecule has 0 bridgehead atoms. The normalized spacial score (nSPS) is 19.4. The number of piperazine rings is 1. The molecule has 10 nitrogen and oxygen atoms in total. The number of hydrogen-bond acceptors (Lipinski definition) is 8. The molecule has 2 N–H and O–H groups in total. The lowest BCUT2D eigenvalue weighted by Gasteiger charge is -2.34. The second-order valence-corrected chi connectivity index (χ2v) is 10.4. The predicted octanol–water partition coefficient (Wildman–Crippen LogP) is 3.20. The molecule has 10 heteroatoms. The number of anilines is 3. The van der Waals surface area contributed by atoms with Gasteiger partial charge in [0.15, 0.2) is 11.5 Å². The van der Waals surface area contributed by atoms with Gasteiger partial charge in [0.2, 0.25) is 5.95 Å². The lowest BCUT2D eigenvalue weighted by atomic mass is 9.98. The van der Waals surface area contributed by atoms with Crippen molar-refractivity contribution in [3.63, 3.8) is 0 Å². The fourth-order valence-corrected chi connectivity index (χ4v) is 5.56. The maximum Gasteiger partial charge on any atom is 0.278 e. The van der Waals surface area contributed by atoms with Gasteiger partial charge in [0.1, 0.15) is 11.0 Å². The summed E-state index contributed by atoms with van der Waals surface area (Å²) in [4.78, 5) is 32.1. The average molecular weight is 527 g/mol. The van der Waals surface area contributed by atoms with Crippen molar-refractivity contribution in [2.24, 2.45) is 0 Å². The Morgan fingerprint density at radius 2 is 1.87 bits per heavy atom. The van der Waals surface area contributed by atoms with E-state index in [4.69, 9.17) is 9.97 Å². The van der Waals surface area contributed by atoms with Crippen LogP contribution in [0.1, 0.15) is 31.0 Å². The molecule has 0 spiro atoms. The molecule has 3 aromatic heterocycles. The smallest absolute Gasteiger partial charge is 0.278 e. The van der Waals surface area contributed by atoms with Crippen LogP contribution in [0.25, 0.3) is 16.9 Å². The molecule has 0 saturated carbocycles. The van der Waals surface area contributed by atoms with Gasteiger partial charge in [-0.2, -0.15) is 4.98 Å². The summed E-state index contributed by atoms with van der Waals surface area (Å²) in [6.07, 6.45) is 5.22. The van der Waals surface area contributed by atoms with Gasteiger partial charge >= 0.3 is 0 Å². The Morgan fingerprint density at radius 3 is 2.59 bits per heavy atom. The number of allylic oxidation sites excluding steroid dienone is 1. The lowest BCUT2D eigenvalue weighted by Crippen LogP contribution is -2.44. The Hall–Kier alpha value is -4.02. The number of aromatic nitrogens is 5. The number of benzene rings is 1. The van der Waals surface area contributed by atoms with Gasteiger partial charge in [-0.1, -0.05) is 19.1 Å². The molecule has 2 aliphatic rings. The van der Waals surface area contributed by atoms with Crippen LogP contribution in [-0.2, 0) is 18.6 Å². The minimum absolute atomic E-state index is 0.221. The highest BCUT2D eigenvalue weighted by atomic mass is 16.3. The van der Waals surface area contributed by atoms with Crippen LogP contribution in [0, 0.1) is 0 Å². The number of rotatable bonds is 7. The molecule has 202 valence electrons. The average Bonchev–Trinajstić information content (AvgIpc) is 3.43. The van der Waals surface area contributed by atoms with Crippen LogP contribution in [0.5, 0.6) is 0 Å². The van der Waals surface area contributed by atoms with Crippen LogP contribution < -0.4 is 15.8 Å². The number of aliphatic hydroxyl groups is 1. The second-order valence-electron chi connectivity index (χ2n) is 10.4. The summed E-state index contributed by atoms with van der Waals surface area (Å²) in [5.74, 6) is 0.906. The van der Waals surface area contributed by atoms with E-state index in [1.54, 1.807) is 21.6 Å². The zero-order chi connectivity index (χ0) is 27.1. The summed E-state index contributed by atoms with van der Waals surface area (Å²) in [5.41, 5.74) is 3.02. The van der Waals surface area contributed by atoms with Gasteiger partial charge in [-0.3, -0.25) is 4.79 Å². The lowest BCUT2D eigenvalue weighted by molar-refractivity contribution is 0.0306. The molecule has 1 aliphatic carbocycles. The van der Waals surface area contributed by atoms with E-state index < -0.39 is 5.60 Å². The third-order valence-electron chi connectivity index (χ3n) is 7.98. The number of hydrogen-bond donors (Lipinski definition) is 2. The first-order valence-electron chi connectivity index (χ1n) is 13.5. The van der Waals surface area contributed by atoms with Crippen molar-refractivity contribution in [2.45, 2.75) is 38.3 Å². The van der Waals surface area contributed by atoms with Crippen molar-refractivity contribution < 1.29 is 5.11 Å². The molecular weight excluding hydrogens is 492 g/mol. The van der Waals surface area contributed by atoms with Crippen molar-refractivity contribution in [1.29, 1.82) is 0 Å². The van der Waals surface area contributed by atoms with E-state index >= 15 is 0 Å². The van der Waals surface area contributed by atoms with Gasteiger partial charge < -0.3 is 20.2 Å². The molecule has 0 radical (unpaired) electrons. The van der Waals surface area contributed by atoms with Gasteiger partial charge in [0.05, 0.1) is 12.2 Å². The fourth-order valence-electron chi connectivity index (χ4n) is 5.56. The Morgan fingerprint density at radius 1 is 1.10 bits per heavy atom. The number of nitrogens with one attached hydrogen (secondary N) is 1. The maximum atomic E-state index is 13.3. The Labute approximate surface area is 227 Å². The minimum atomic E-state index is -0.962. The Kier molecular flexibility index (Phi) is 6.44. The Balaban J connectivity index is 1.36. The van der Waals surface area contributed by atoms with Gasteiger partial charge in [-0.05, 0) is 62.2 Å². The molecule has 1 aliphatic heterocycles. The Bertz CT molecular complexity index is 1580. The van der Waals surface area contributed by atoms with Gasteiger partial charge in [0.25, 0.3) is 5.56 Å². The van der Waals surface area contributed by atoms with Crippen LogP contribution in [0.4, 0.5) is 17.3 Å². The van der Waals surface area contributed by atoms with Crippen molar-refractivity contribution in [3.8, 4) is 5.82 Å². The van der Waals surface area contributed by atoms with E-state index in [-0.39, 0.29) is 12.1 Å². The SMILES string of the molecule is C=CCn1c(=O)c2cnc(Nc3ccc(N4CCN(C)CC4)cc3)nc2n1-c1ccc2c(n1)[C@](O)(CC)CC2. The highest BCUT2D eigenvalue weighted by Crippen LogP contribution is 2.38. The number of pyridine rings is 1. The highest BCUT2D eigenvalue weighted by Gasteiger charge is 2.37. The fraction of sp³-hybridized carbons (Fsp3) is 0.379. The number of likely N-dealkylation sites (N-methyl/N-ethyl adjacent to an activating group) is 1. The largest absolute Gasteiger partial charge is 0.384 e. The minimum Gasteiger partial charge on any atom is -0.384 e. The van der Waals surface area contributed by atoms with E-state index in [0.717, 1.165) is 43.9 Å². The molecular formula is C29H34N8O2. The van der Waals surface area contributed by atoms with E-state index in [0.29, 0.717) is 41.3 Å². The van der Waals surface area contributed by atoms with Crippen LogP contribution in [0.3, 0.4) is 0 Å². The van der Waals surface area contributed by atoms with E-state index in [1.165, 1.54) is 5.69 Å². The van der Waals surface area contributed by atoms with Crippen molar-refractivity contribution in [1.82, 2.24) is 29.2 Å².